The Morgan fingerprint density at radius 3 is 2.60 bits per heavy atom. The summed E-state index contributed by atoms with van der Waals surface area (Å²) in [6.45, 7) is 3.22. The van der Waals surface area contributed by atoms with Gasteiger partial charge in [0.1, 0.15) is 5.82 Å². The Kier molecular flexibility index (Phi) is 4.91. The van der Waals surface area contributed by atoms with E-state index in [1.54, 1.807) is 17.5 Å². The number of benzene rings is 1. The summed E-state index contributed by atoms with van der Waals surface area (Å²) in [4.78, 5) is 28.1. The summed E-state index contributed by atoms with van der Waals surface area (Å²) in [6.07, 6.45) is 0. The minimum atomic E-state index is -0.497. The van der Waals surface area contributed by atoms with Gasteiger partial charge in [0.05, 0.1) is 10.6 Å². The maximum atomic E-state index is 14.3. The Bertz CT molecular complexity index is 949. The van der Waals surface area contributed by atoms with Crippen LogP contribution in [0.3, 0.4) is 0 Å². The SMILES string of the molecule is CC(=O)Nc1ccc(-c2csc(NC(=O)c3sccc3C)n2)c(F)c1. The predicted molar refractivity (Wildman–Crippen MR) is 98.8 cm³/mol. The van der Waals surface area contributed by atoms with Crippen molar-refractivity contribution in [3.8, 4) is 11.3 Å². The normalized spacial score (nSPS) is 10.5. The van der Waals surface area contributed by atoms with Gasteiger partial charge in [-0.25, -0.2) is 9.37 Å². The number of thiazole rings is 1. The Morgan fingerprint density at radius 1 is 1.16 bits per heavy atom. The molecule has 0 bridgehead atoms. The van der Waals surface area contributed by atoms with Gasteiger partial charge < -0.3 is 5.32 Å². The van der Waals surface area contributed by atoms with E-state index in [2.05, 4.69) is 15.6 Å². The number of thiophene rings is 1. The molecule has 8 heteroatoms. The maximum Gasteiger partial charge on any atom is 0.267 e. The van der Waals surface area contributed by atoms with Crippen molar-refractivity contribution in [3.63, 3.8) is 0 Å². The molecule has 0 aliphatic heterocycles. The minimum Gasteiger partial charge on any atom is -0.326 e. The van der Waals surface area contributed by atoms with Crippen LogP contribution in [0.15, 0.2) is 35.0 Å². The van der Waals surface area contributed by atoms with Gasteiger partial charge in [-0.05, 0) is 42.1 Å². The molecule has 3 aromatic rings. The zero-order chi connectivity index (χ0) is 18.0. The van der Waals surface area contributed by atoms with Crippen LogP contribution in [0.1, 0.15) is 22.2 Å². The number of aryl methyl sites for hydroxylation is 1. The van der Waals surface area contributed by atoms with Crippen molar-refractivity contribution in [3.05, 3.63) is 51.3 Å². The summed E-state index contributed by atoms with van der Waals surface area (Å²) in [6, 6.07) is 6.26. The van der Waals surface area contributed by atoms with Crippen LogP contribution in [0.2, 0.25) is 0 Å². The first-order valence-electron chi connectivity index (χ1n) is 7.32. The number of hydrogen-bond donors (Lipinski definition) is 2. The van der Waals surface area contributed by atoms with E-state index >= 15 is 0 Å². The number of nitrogens with one attached hydrogen (secondary N) is 2. The van der Waals surface area contributed by atoms with E-state index in [0.717, 1.165) is 5.56 Å². The fourth-order valence-corrected chi connectivity index (χ4v) is 3.74. The van der Waals surface area contributed by atoms with Crippen molar-refractivity contribution in [2.24, 2.45) is 0 Å². The summed E-state index contributed by atoms with van der Waals surface area (Å²) >= 11 is 2.58. The number of carbonyl (C=O) groups excluding carboxylic acids is 2. The Labute approximate surface area is 151 Å². The van der Waals surface area contributed by atoms with E-state index in [4.69, 9.17) is 0 Å². The summed E-state index contributed by atoms with van der Waals surface area (Å²) in [5.74, 6) is -0.993. The first kappa shape index (κ1) is 17.2. The van der Waals surface area contributed by atoms with Crippen LogP contribution in [-0.2, 0) is 4.79 Å². The highest BCUT2D eigenvalue weighted by Crippen LogP contribution is 2.29. The molecule has 2 amide bonds. The smallest absolute Gasteiger partial charge is 0.267 e. The first-order valence-corrected chi connectivity index (χ1v) is 9.08. The summed E-state index contributed by atoms with van der Waals surface area (Å²) in [5.41, 5.74) is 2.01. The fourth-order valence-electron chi connectivity index (χ4n) is 2.22. The van der Waals surface area contributed by atoms with Gasteiger partial charge in [0.2, 0.25) is 5.91 Å². The second kappa shape index (κ2) is 7.12. The molecule has 128 valence electrons. The molecule has 0 spiro atoms. The van der Waals surface area contributed by atoms with Crippen molar-refractivity contribution < 1.29 is 14.0 Å². The topological polar surface area (TPSA) is 71.1 Å². The standard InChI is InChI=1S/C17H14FN3O2S2/c1-9-5-6-24-15(9)16(23)21-17-20-14(8-25-17)12-4-3-11(7-13(12)18)19-10(2)22/h3-8H,1-2H3,(H,19,22)(H,20,21,23). The molecular weight excluding hydrogens is 361 g/mol. The molecule has 0 saturated carbocycles. The highest BCUT2D eigenvalue weighted by Gasteiger charge is 2.15. The third-order valence-corrected chi connectivity index (χ3v) is 5.13. The van der Waals surface area contributed by atoms with Crippen molar-refractivity contribution in [1.82, 2.24) is 4.98 Å². The van der Waals surface area contributed by atoms with E-state index < -0.39 is 5.82 Å². The molecule has 2 N–H and O–H groups in total. The third-order valence-electron chi connectivity index (χ3n) is 3.36. The second-order valence-corrected chi connectivity index (χ2v) is 7.07. The molecular formula is C17H14FN3O2S2. The Morgan fingerprint density at radius 2 is 1.96 bits per heavy atom. The zero-order valence-corrected chi connectivity index (χ0v) is 15.1. The molecule has 0 aliphatic carbocycles. The average Bonchev–Trinajstić information content (AvgIpc) is 3.16. The number of nitrogens with zero attached hydrogens (tertiary/aromatic N) is 1. The largest absolute Gasteiger partial charge is 0.326 e. The quantitative estimate of drug-likeness (QED) is 0.704. The van der Waals surface area contributed by atoms with Crippen LogP contribution >= 0.6 is 22.7 Å². The summed E-state index contributed by atoms with van der Waals surface area (Å²) in [5, 5.41) is 9.18. The Hall–Kier alpha value is -2.58. The maximum absolute atomic E-state index is 14.3. The molecule has 0 radical (unpaired) electrons. The van der Waals surface area contributed by atoms with E-state index in [1.165, 1.54) is 35.7 Å². The monoisotopic (exact) mass is 375 g/mol. The molecule has 2 heterocycles. The minimum absolute atomic E-state index is 0.227. The fraction of sp³-hybridized carbons (Fsp3) is 0.118. The van der Waals surface area contributed by atoms with Crippen LogP contribution in [0.4, 0.5) is 15.2 Å². The van der Waals surface area contributed by atoms with Crippen molar-refractivity contribution in [1.29, 1.82) is 0 Å². The highest BCUT2D eigenvalue weighted by atomic mass is 32.1. The molecule has 3 rings (SSSR count). The van der Waals surface area contributed by atoms with E-state index in [0.29, 0.717) is 27.0 Å². The van der Waals surface area contributed by atoms with Gasteiger partial charge in [0.15, 0.2) is 5.13 Å². The molecule has 0 unspecified atom stereocenters. The van der Waals surface area contributed by atoms with E-state index in [1.807, 2.05) is 18.4 Å². The van der Waals surface area contributed by atoms with Crippen LogP contribution in [0.25, 0.3) is 11.3 Å². The van der Waals surface area contributed by atoms with Gasteiger partial charge in [-0.15, -0.1) is 22.7 Å². The number of rotatable bonds is 4. The molecule has 0 saturated heterocycles. The van der Waals surface area contributed by atoms with Crippen LogP contribution in [0, 0.1) is 12.7 Å². The molecule has 5 nitrogen and oxygen atoms in total. The predicted octanol–water partition coefficient (Wildman–Crippen LogP) is 4.53. The van der Waals surface area contributed by atoms with Crippen LogP contribution in [-0.4, -0.2) is 16.8 Å². The van der Waals surface area contributed by atoms with Gasteiger partial charge in [-0.1, -0.05) is 0 Å². The van der Waals surface area contributed by atoms with Crippen molar-refractivity contribution in [2.45, 2.75) is 13.8 Å². The number of aromatic nitrogens is 1. The highest BCUT2D eigenvalue weighted by molar-refractivity contribution is 7.14. The van der Waals surface area contributed by atoms with Gasteiger partial charge in [0, 0.05) is 23.6 Å². The van der Waals surface area contributed by atoms with Gasteiger partial charge in [0.25, 0.3) is 5.91 Å². The lowest BCUT2D eigenvalue weighted by Gasteiger charge is -2.05. The molecule has 25 heavy (non-hydrogen) atoms. The second-order valence-electron chi connectivity index (χ2n) is 5.30. The lowest BCUT2D eigenvalue weighted by atomic mass is 10.1. The number of carbonyl (C=O) groups is 2. The number of amides is 2. The summed E-state index contributed by atoms with van der Waals surface area (Å²) in [7, 11) is 0. The lowest BCUT2D eigenvalue weighted by Crippen LogP contribution is -2.11. The van der Waals surface area contributed by atoms with Gasteiger partial charge in [-0.2, -0.15) is 0 Å². The molecule has 0 atom stereocenters. The molecule has 0 fully saturated rings. The van der Waals surface area contributed by atoms with Crippen molar-refractivity contribution >= 4 is 45.3 Å². The Balaban J connectivity index is 1.78. The number of hydrogen-bond acceptors (Lipinski definition) is 5. The number of halogens is 1. The number of anilines is 2. The average molecular weight is 375 g/mol. The van der Waals surface area contributed by atoms with E-state index in [9.17, 15) is 14.0 Å². The molecule has 2 aromatic heterocycles. The van der Waals surface area contributed by atoms with E-state index in [-0.39, 0.29) is 11.8 Å². The zero-order valence-electron chi connectivity index (χ0n) is 13.4. The van der Waals surface area contributed by atoms with Gasteiger partial charge in [-0.3, -0.25) is 14.9 Å². The van der Waals surface area contributed by atoms with Crippen LogP contribution < -0.4 is 10.6 Å². The molecule has 1 aromatic carbocycles. The summed E-state index contributed by atoms with van der Waals surface area (Å²) < 4.78 is 14.3. The van der Waals surface area contributed by atoms with Gasteiger partial charge >= 0.3 is 0 Å². The third kappa shape index (κ3) is 3.92. The molecule has 0 aliphatic rings. The van der Waals surface area contributed by atoms with Crippen molar-refractivity contribution in [2.75, 3.05) is 10.6 Å². The van der Waals surface area contributed by atoms with Crippen LogP contribution in [0.5, 0.6) is 0 Å². The first-order chi connectivity index (χ1) is 11.9. The lowest BCUT2D eigenvalue weighted by molar-refractivity contribution is -0.114.